The first-order valence-electron chi connectivity index (χ1n) is 7.44. The second kappa shape index (κ2) is 8.38. The third kappa shape index (κ3) is 5.37. The van der Waals surface area contributed by atoms with Gasteiger partial charge in [0, 0.05) is 31.7 Å². The fraction of sp³-hybridized carbons (Fsp3) is 0.929. The third-order valence-corrected chi connectivity index (χ3v) is 4.25. The number of hydrogen-bond acceptors (Lipinski definition) is 3. The van der Waals surface area contributed by atoms with Gasteiger partial charge in [0.05, 0.1) is 13.2 Å². The third-order valence-electron chi connectivity index (χ3n) is 4.25. The lowest BCUT2D eigenvalue weighted by Gasteiger charge is -2.42. The van der Waals surface area contributed by atoms with E-state index in [2.05, 4.69) is 29.1 Å². The lowest BCUT2D eigenvalue weighted by atomic mass is 9.86. The standard InChI is InChI=1S/C14H28N4O.HI/c1-14(2)11-19-9-8-18(14)7-6-16-13(15)17-10-12-4-3-5-12;/h12H,3-11H2,1-2H3,(H3,15,16,17);1H. The quantitative estimate of drug-likeness (QED) is 0.419. The molecule has 0 amide bonds. The highest BCUT2D eigenvalue weighted by atomic mass is 127. The van der Waals surface area contributed by atoms with Crippen LogP contribution in [0.5, 0.6) is 0 Å². The van der Waals surface area contributed by atoms with Crippen molar-refractivity contribution >= 4 is 29.9 Å². The molecule has 1 aliphatic heterocycles. The Kier molecular flexibility index (Phi) is 7.53. The average Bonchev–Trinajstić information content (AvgIpc) is 2.29. The molecule has 0 aromatic carbocycles. The maximum absolute atomic E-state index is 5.88. The number of guanidine groups is 1. The number of nitrogens with two attached hydrogens (primary N) is 1. The van der Waals surface area contributed by atoms with Crippen LogP contribution in [-0.4, -0.2) is 55.8 Å². The molecule has 0 bridgehead atoms. The fourth-order valence-electron chi connectivity index (χ4n) is 2.58. The zero-order chi connectivity index (χ0) is 13.7. The molecule has 20 heavy (non-hydrogen) atoms. The van der Waals surface area contributed by atoms with E-state index in [1.807, 2.05) is 0 Å². The highest BCUT2D eigenvalue weighted by Crippen LogP contribution is 2.26. The van der Waals surface area contributed by atoms with Gasteiger partial charge in [0.2, 0.25) is 0 Å². The molecule has 118 valence electrons. The lowest BCUT2D eigenvalue weighted by molar-refractivity contribution is -0.0496. The maximum atomic E-state index is 5.88. The highest BCUT2D eigenvalue weighted by Gasteiger charge is 2.29. The Morgan fingerprint density at radius 2 is 2.20 bits per heavy atom. The first-order chi connectivity index (χ1) is 9.08. The molecule has 2 aliphatic rings. The Bertz CT molecular complexity index is 318. The SMILES string of the molecule is CC1(C)COCCN1CCNC(N)=NCC1CCC1.I. The van der Waals surface area contributed by atoms with Gasteiger partial charge in [0.25, 0.3) is 0 Å². The summed E-state index contributed by atoms with van der Waals surface area (Å²) in [6.07, 6.45) is 4.00. The molecule has 1 aliphatic carbocycles. The fourth-order valence-corrected chi connectivity index (χ4v) is 2.58. The second-order valence-electron chi connectivity index (χ2n) is 6.30. The van der Waals surface area contributed by atoms with E-state index < -0.39 is 0 Å². The molecule has 0 spiro atoms. The summed E-state index contributed by atoms with van der Waals surface area (Å²) in [6.45, 7) is 9.79. The molecule has 0 aromatic heterocycles. The molecule has 3 N–H and O–H groups in total. The summed E-state index contributed by atoms with van der Waals surface area (Å²) in [5, 5.41) is 3.22. The zero-order valence-electron chi connectivity index (χ0n) is 12.7. The van der Waals surface area contributed by atoms with Crippen LogP contribution in [0.1, 0.15) is 33.1 Å². The van der Waals surface area contributed by atoms with Crippen molar-refractivity contribution in [3.63, 3.8) is 0 Å². The number of morpholine rings is 1. The molecule has 5 nitrogen and oxygen atoms in total. The Hall–Kier alpha value is -0.0800. The minimum Gasteiger partial charge on any atom is -0.378 e. The summed E-state index contributed by atoms with van der Waals surface area (Å²) in [5.74, 6) is 1.37. The topological polar surface area (TPSA) is 62.9 Å². The van der Waals surface area contributed by atoms with Crippen LogP contribution < -0.4 is 11.1 Å². The van der Waals surface area contributed by atoms with Crippen LogP contribution in [0.15, 0.2) is 4.99 Å². The van der Waals surface area contributed by atoms with E-state index in [0.717, 1.165) is 45.3 Å². The van der Waals surface area contributed by atoms with Crippen LogP contribution >= 0.6 is 24.0 Å². The van der Waals surface area contributed by atoms with E-state index in [1.54, 1.807) is 0 Å². The van der Waals surface area contributed by atoms with E-state index in [4.69, 9.17) is 10.5 Å². The predicted molar refractivity (Wildman–Crippen MR) is 93.7 cm³/mol. The smallest absolute Gasteiger partial charge is 0.188 e. The first-order valence-corrected chi connectivity index (χ1v) is 7.44. The monoisotopic (exact) mass is 396 g/mol. The van der Waals surface area contributed by atoms with Gasteiger partial charge in [-0.05, 0) is 32.6 Å². The largest absolute Gasteiger partial charge is 0.378 e. The van der Waals surface area contributed by atoms with Gasteiger partial charge in [-0.15, -0.1) is 24.0 Å². The molecule has 2 fully saturated rings. The lowest BCUT2D eigenvalue weighted by Crippen LogP contribution is -2.55. The normalized spacial score (nSPS) is 23.8. The van der Waals surface area contributed by atoms with Crippen LogP contribution in [0.2, 0.25) is 0 Å². The van der Waals surface area contributed by atoms with Crippen molar-refractivity contribution in [3.8, 4) is 0 Å². The van der Waals surface area contributed by atoms with Gasteiger partial charge in [0.1, 0.15) is 0 Å². The Balaban J connectivity index is 0.00000200. The summed E-state index contributed by atoms with van der Waals surface area (Å²) in [4.78, 5) is 6.85. The molecular weight excluding hydrogens is 367 g/mol. The molecule has 2 rings (SSSR count). The molecule has 0 aromatic rings. The summed E-state index contributed by atoms with van der Waals surface area (Å²) in [7, 11) is 0. The zero-order valence-corrected chi connectivity index (χ0v) is 15.1. The van der Waals surface area contributed by atoms with E-state index in [9.17, 15) is 0 Å². The Morgan fingerprint density at radius 1 is 1.45 bits per heavy atom. The number of nitrogens with zero attached hydrogens (tertiary/aromatic N) is 2. The molecule has 1 heterocycles. The van der Waals surface area contributed by atoms with E-state index in [1.165, 1.54) is 19.3 Å². The number of nitrogens with one attached hydrogen (secondary N) is 1. The Labute approximate surface area is 139 Å². The molecule has 0 atom stereocenters. The van der Waals surface area contributed by atoms with Crippen molar-refractivity contribution in [3.05, 3.63) is 0 Å². The van der Waals surface area contributed by atoms with Crippen molar-refractivity contribution < 1.29 is 4.74 Å². The van der Waals surface area contributed by atoms with Gasteiger partial charge in [-0.2, -0.15) is 0 Å². The number of rotatable bonds is 5. The van der Waals surface area contributed by atoms with Crippen LogP contribution in [0, 0.1) is 5.92 Å². The van der Waals surface area contributed by atoms with Crippen molar-refractivity contribution in [2.24, 2.45) is 16.6 Å². The Morgan fingerprint density at radius 3 is 2.80 bits per heavy atom. The molecule has 1 saturated carbocycles. The summed E-state index contributed by atoms with van der Waals surface area (Å²) < 4.78 is 5.52. The van der Waals surface area contributed by atoms with E-state index in [-0.39, 0.29) is 29.5 Å². The predicted octanol–water partition coefficient (Wildman–Crippen LogP) is 1.42. The molecule has 0 unspecified atom stereocenters. The van der Waals surface area contributed by atoms with Gasteiger partial charge in [0.15, 0.2) is 5.96 Å². The molecule has 1 saturated heterocycles. The van der Waals surface area contributed by atoms with E-state index >= 15 is 0 Å². The van der Waals surface area contributed by atoms with Crippen LogP contribution in [0.3, 0.4) is 0 Å². The average molecular weight is 396 g/mol. The molecule has 6 heteroatoms. The number of halogens is 1. The van der Waals surface area contributed by atoms with Crippen LogP contribution in [0.25, 0.3) is 0 Å². The van der Waals surface area contributed by atoms with Crippen molar-refractivity contribution in [2.45, 2.75) is 38.6 Å². The number of ether oxygens (including phenoxy) is 1. The minimum atomic E-state index is 0. The molecular formula is C14H29IN4O. The van der Waals surface area contributed by atoms with Gasteiger partial charge in [-0.25, -0.2) is 0 Å². The first kappa shape index (κ1) is 18.0. The molecule has 0 radical (unpaired) electrons. The van der Waals surface area contributed by atoms with Crippen LogP contribution in [-0.2, 0) is 4.74 Å². The van der Waals surface area contributed by atoms with Gasteiger partial charge in [-0.3, -0.25) is 9.89 Å². The number of aliphatic imine (C=N–C) groups is 1. The summed E-state index contributed by atoms with van der Waals surface area (Å²) in [6, 6.07) is 0. The van der Waals surface area contributed by atoms with Crippen molar-refractivity contribution in [1.82, 2.24) is 10.2 Å². The summed E-state index contributed by atoms with van der Waals surface area (Å²) >= 11 is 0. The van der Waals surface area contributed by atoms with E-state index in [0.29, 0.717) is 5.96 Å². The maximum Gasteiger partial charge on any atom is 0.188 e. The minimum absolute atomic E-state index is 0. The van der Waals surface area contributed by atoms with Crippen molar-refractivity contribution in [2.75, 3.05) is 39.4 Å². The van der Waals surface area contributed by atoms with Gasteiger partial charge >= 0.3 is 0 Å². The number of hydrogen-bond donors (Lipinski definition) is 2. The van der Waals surface area contributed by atoms with Gasteiger partial charge < -0.3 is 15.8 Å². The van der Waals surface area contributed by atoms with Crippen LogP contribution in [0.4, 0.5) is 0 Å². The second-order valence-corrected chi connectivity index (χ2v) is 6.30. The van der Waals surface area contributed by atoms with Crippen molar-refractivity contribution in [1.29, 1.82) is 0 Å². The van der Waals surface area contributed by atoms with Gasteiger partial charge in [-0.1, -0.05) is 6.42 Å². The summed E-state index contributed by atoms with van der Waals surface area (Å²) in [5.41, 5.74) is 6.00. The highest BCUT2D eigenvalue weighted by molar-refractivity contribution is 14.0.